The number of fused-ring (bicyclic) bond motifs is 1. The third-order valence-corrected chi connectivity index (χ3v) is 5.04. The summed E-state index contributed by atoms with van der Waals surface area (Å²) in [6, 6.07) is 8.57. The number of aliphatic hydroxyl groups is 1. The van der Waals surface area contributed by atoms with Crippen molar-refractivity contribution >= 4 is 0 Å². The Labute approximate surface area is 127 Å². The Morgan fingerprint density at radius 2 is 1.95 bits per heavy atom. The molecule has 0 spiro atoms. The molecule has 3 rings (SSSR count). The second-order valence-corrected chi connectivity index (χ2v) is 6.19. The third kappa shape index (κ3) is 2.93. The highest BCUT2D eigenvalue weighted by molar-refractivity contribution is 5.37. The molecule has 0 aromatic heterocycles. The number of hydrogen-bond acceptors (Lipinski definition) is 4. The summed E-state index contributed by atoms with van der Waals surface area (Å²) in [6.07, 6.45) is 0.757. The Morgan fingerprint density at radius 1 is 1.24 bits per heavy atom. The van der Waals surface area contributed by atoms with E-state index in [9.17, 15) is 5.11 Å². The van der Waals surface area contributed by atoms with Crippen molar-refractivity contribution in [3.8, 4) is 5.75 Å². The highest BCUT2D eigenvalue weighted by Crippen LogP contribution is 2.34. The molecule has 0 saturated carbocycles. The maximum absolute atomic E-state index is 10.7. The van der Waals surface area contributed by atoms with Gasteiger partial charge in [-0.1, -0.05) is 25.1 Å². The quantitative estimate of drug-likeness (QED) is 0.922. The molecule has 3 unspecified atom stereocenters. The average Bonchev–Trinajstić information content (AvgIpc) is 2.55. The van der Waals surface area contributed by atoms with Gasteiger partial charge >= 0.3 is 0 Å². The Kier molecular flexibility index (Phi) is 4.48. The van der Waals surface area contributed by atoms with Crippen molar-refractivity contribution < 1.29 is 9.84 Å². The number of ether oxygens (including phenoxy) is 1. The molecule has 0 bridgehead atoms. The fourth-order valence-corrected chi connectivity index (χ4v) is 3.40. The van der Waals surface area contributed by atoms with Crippen LogP contribution in [-0.4, -0.2) is 59.8 Å². The van der Waals surface area contributed by atoms with E-state index < -0.39 is 6.10 Å². The Hall–Kier alpha value is -1.10. The van der Waals surface area contributed by atoms with Crippen LogP contribution >= 0.6 is 0 Å². The van der Waals surface area contributed by atoms with Gasteiger partial charge in [-0.2, -0.15) is 0 Å². The lowest BCUT2D eigenvalue weighted by atomic mass is 9.97. The molecule has 2 heterocycles. The molecule has 0 aliphatic carbocycles. The molecule has 116 valence electrons. The zero-order valence-electron chi connectivity index (χ0n) is 13.0. The largest absolute Gasteiger partial charge is 0.491 e. The number of piperazine rings is 1. The van der Waals surface area contributed by atoms with Gasteiger partial charge in [-0.15, -0.1) is 0 Å². The summed E-state index contributed by atoms with van der Waals surface area (Å²) in [7, 11) is 0. The second kappa shape index (κ2) is 6.34. The lowest BCUT2D eigenvalue weighted by Crippen LogP contribution is -2.56. The van der Waals surface area contributed by atoms with Gasteiger partial charge in [-0.3, -0.25) is 9.80 Å². The number of aliphatic hydroxyl groups excluding tert-OH is 1. The van der Waals surface area contributed by atoms with E-state index in [0.29, 0.717) is 12.6 Å². The maximum atomic E-state index is 10.7. The first kappa shape index (κ1) is 14.8. The number of para-hydroxylation sites is 1. The van der Waals surface area contributed by atoms with E-state index in [1.165, 1.54) is 6.42 Å². The molecule has 1 aromatic rings. The van der Waals surface area contributed by atoms with Gasteiger partial charge in [0.25, 0.3) is 0 Å². The van der Waals surface area contributed by atoms with Gasteiger partial charge in [0.05, 0.1) is 6.04 Å². The van der Waals surface area contributed by atoms with E-state index in [2.05, 4.69) is 23.6 Å². The van der Waals surface area contributed by atoms with Crippen LogP contribution in [0.1, 0.15) is 31.9 Å². The molecule has 0 amide bonds. The Bertz CT molecular complexity index is 472. The second-order valence-electron chi connectivity index (χ2n) is 6.19. The van der Waals surface area contributed by atoms with E-state index in [1.54, 1.807) is 0 Å². The molecule has 1 N–H and O–H groups in total. The van der Waals surface area contributed by atoms with Crippen LogP contribution in [0, 0.1) is 0 Å². The zero-order valence-corrected chi connectivity index (χ0v) is 13.0. The first-order valence-corrected chi connectivity index (χ1v) is 8.08. The van der Waals surface area contributed by atoms with Gasteiger partial charge < -0.3 is 9.84 Å². The molecule has 1 aromatic carbocycles. The van der Waals surface area contributed by atoms with Crippen molar-refractivity contribution in [1.82, 2.24) is 9.80 Å². The highest BCUT2D eigenvalue weighted by atomic mass is 16.5. The topological polar surface area (TPSA) is 35.9 Å². The van der Waals surface area contributed by atoms with Crippen molar-refractivity contribution in [2.24, 2.45) is 0 Å². The summed E-state index contributed by atoms with van der Waals surface area (Å²) in [5, 5.41) is 10.7. The molecule has 0 radical (unpaired) electrons. The van der Waals surface area contributed by atoms with Crippen LogP contribution in [0.2, 0.25) is 0 Å². The summed E-state index contributed by atoms with van der Waals surface area (Å²) in [6.45, 7) is 9.31. The number of hydrogen-bond donors (Lipinski definition) is 1. The molecular formula is C17H26N2O2. The molecule has 2 aliphatic rings. The van der Waals surface area contributed by atoms with Crippen LogP contribution in [0.5, 0.6) is 5.75 Å². The number of rotatable bonds is 3. The minimum Gasteiger partial charge on any atom is -0.491 e. The molecule has 4 nitrogen and oxygen atoms in total. The molecule has 1 saturated heterocycles. The molecule has 4 heteroatoms. The standard InChI is InChI=1S/C17H26N2O2/c1-3-13(2)18-8-10-19(11-9-18)15-12-21-16-7-5-4-6-14(16)17(15)20/h4-7,13,15,17,20H,3,8-12H2,1-2H3. The van der Waals surface area contributed by atoms with Gasteiger partial charge in [0.15, 0.2) is 0 Å². The minimum absolute atomic E-state index is 0.0824. The predicted octanol–water partition coefficient (Wildman–Crippen LogP) is 1.90. The molecule has 21 heavy (non-hydrogen) atoms. The van der Waals surface area contributed by atoms with E-state index in [4.69, 9.17) is 4.74 Å². The van der Waals surface area contributed by atoms with Crippen molar-refractivity contribution in [3.05, 3.63) is 29.8 Å². The van der Waals surface area contributed by atoms with Crippen LogP contribution in [-0.2, 0) is 0 Å². The van der Waals surface area contributed by atoms with E-state index in [0.717, 1.165) is 37.5 Å². The van der Waals surface area contributed by atoms with E-state index in [-0.39, 0.29) is 6.04 Å². The normalized spacial score (nSPS) is 28.7. The van der Waals surface area contributed by atoms with Crippen molar-refractivity contribution in [1.29, 1.82) is 0 Å². The van der Waals surface area contributed by atoms with Crippen LogP contribution in [0.15, 0.2) is 24.3 Å². The minimum atomic E-state index is -0.440. The van der Waals surface area contributed by atoms with Gasteiger partial charge in [0.1, 0.15) is 18.5 Å². The van der Waals surface area contributed by atoms with Gasteiger partial charge in [-0.25, -0.2) is 0 Å². The molecule has 3 atom stereocenters. The lowest BCUT2D eigenvalue weighted by molar-refractivity contribution is -0.0222. The zero-order chi connectivity index (χ0) is 14.8. The summed E-state index contributed by atoms with van der Waals surface area (Å²) >= 11 is 0. The SMILES string of the molecule is CCC(C)N1CCN(C2COc3ccccc3C2O)CC1. The summed E-state index contributed by atoms with van der Waals surface area (Å²) in [5.74, 6) is 0.833. The van der Waals surface area contributed by atoms with Crippen molar-refractivity contribution in [3.63, 3.8) is 0 Å². The molecule has 2 aliphatic heterocycles. The van der Waals surface area contributed by atoms with Gasteiger partial charge in [0.2, 0.25) is 0 Å². The first-order valence-electron chi connectivity index (χ1n) is 8.08. The summed E-state index contributed by atoms with van der Waals surface area (Å²) < 4.78 is 5.84. The fraction of sp³-hybridized carbons (Fsp3) is 0.647. The van der Waals surface area contributed by atoms with Crippen LogP contribution in [0.25, 0.3) is 0 Å². The number of nitrogens with zero attached hydrogens (tertiary/aromatic N) is 2. The fourth-order valence-electron chi connectivity index (χ4n) is 3.40. The third-order valence-electron chi connectivity index (χ3n) is 5.04. The summed E-state index contributed by atoms with van der Waals surface area (Å²) in [4.78, 5) is 4.93. The van der Waals surface area contributed by atoms with E-state index in [1.807, 2.05) is 24.3 Å². The predicted molar refractivity (Wildman–Crippen MR) is 83.6 cm³/mol. The molecule has 1 fully saturated rings. The van der Waals surface area contributed by atoms with Crippen LogP contribution < -0.4 is 4.74 Å². The number of benzene rings is 1. The average molecular weight is 290 g/mol. The van der Waals surface area contributed by atoms with Gasteiger partial charge in [-0.05, 0) is 19.4 Å². The van der Waals surface area contributed by atoms with Crippen LogP contribution in [0.3, 0.4) is 0 Å². The highest BCUT2D eigenvalue weighted by Gasteiger charge is 2.35. The Morgan fingerprint density at radius 3 is 2.67 bits per heavy atom. The smallest absolute Gasteiger partial charge is 0.125 e. The maximum Gasteiger partial charge on any atom is 0.125 e. The first-order chi connectivity index (χ1) is 10.2. The summed E-state index contributed by atoms with van der Waals surface area (Å²) in [5.41, 5.74) is 0.929. The van der Waals surface area contributed by atoms with Crippen molar-refractivity contribution in [2.45, 2.75) is 38.5 Å². The van der Waals surface area contributed by atoms with Gasteiger partial charge in [0, 0.05) is 37.8 Å². The van der Waals surface area contributed by atoms with Crippen molar-refractivity contribution in [2.75, 3.05) is 32.8 Å². The molecular weight excluding hydrogens is 264 g/mol. The van der Waals surface area contributed by atoms with Crippen LogP contribution in [0.4, 0.5) is 0 Å². The lowest BCUT2D eigenvalue weighted by Gasteiger charge is -2.44. The monoisotopic (exact) mass is 290 g/mol. The Balaban J connectivity index is 1.64. The van der Waals surface area contributed by atoms with E-state index >= 15 is 0 Å².